The molecule has 1 aliphatic rings. The fourth-order valence-corrected chi connectivity index (χ4v) is 5.81. The van der Waals surface area contributed by atoms with Gasteiger partial charge < -0.3 is 0 Å². The van der Waals surface area contributed by atoms with Crippen molar-refractivity contribution in [3.05, 3.63) is 83.2 Å². The van der Waals surface area contributed by atoms with Crippen LogP contribution in [0.25, 0.3) is 22.3 Å². The van der Waals surface area contributed by atoms with Crippen molar-refractivity contribution < 1.29 is 22.0 Å². The van der Waals surface area contributed by atoms with E-state index in [4.69, 9.17) is 11.6 Å². The largest absolute Gasteiger partial charge is 0.206 e. The van der Waals surface area contributed by atoms with Crippen molar-refractivity contribution >= 4 is 11.6 Å². The van der Waals surface area contributed by atoms with E-state index in [9.17, 15) is 4.39 Å². The summed E-state index contributed by atoms with van der Waals surface area (Å²) in [4.78, 5) is -0.693. The van der Waals surface area contributed by atoms with Crippen LogP contribution < -0.4 is 0 Å². The minimum atomic E-state index is -1.60. The molecule has 6 heteroatoms. The Morgan fingerprint density at radius 1 is 0.882 bits per heavy atom. The predicted molar refractivity (Wildman–Crippen MR) is 126 cm³/mol. The highest BCUT2D eigenvalue weighted by atomic mass is 35.5. The van der Waals surface area contributed by atoms with Crippen LogP contribution in [-0.2, 0) is 0 Å². The molecular weight excluding hydrogens is 467 g/mol. The molecule has 3 unspecified atom stereocenters. The van der Waals surface area contributed by atoms with Crippen LogP contribution in [0.5, 0.6) is 0 Å². The van der Waals surface area contributed by atoms with Gasteiger partial charge in [0.2, 0.25) is 0 Å². The molecule has 3 aromatic rings. The minimum absolute atomic E-state index is 0.344. The predicted octanol–water partition coefficient (Wildman–Crippen LogP) is 9.40. The smallest absolute Gasteiger partial charge is 0.170 e. The summed E-state index contributed by atoms with van der Waals surface area (Å²) < 4.78 is 75.9. The van der Waals surface area contributed by atoms with E-state index >= 15 is 17.6 Å². The van der Waals surface area contributed by atoms with E-state index in [0.29, 0.717) is 30.4 Å². The molecule has 0 aromatic heterocycles. The molecule has 1 aliphatic carbocycles. The summed E-state index contributed by atoms with van der Waals surface area (Å²) in [5, 5.41) is 0. The monoisotopic (exact) mass is 492 g/mol. The van der Waals surface area contributed by atoms with Crippen LogP contribution in [0.2, 0.25) is 0 Å². The molecule has 0 radical (unpaired) electrons. The summed E-state index contributed by atoms with van der Waals surface area (Å²) in [6.45, 7) is 3.45. The van der Waals surface area contributed by atoms with Crippen LogP contribution in [-0.4, -0.2) is 4.87 Å². The number of hydrogen-bond donors (Lipinski definition) is 0. The maximum atomic E-state index is 15.3. The molecule has 0 amide bonds. The molecule has 0 N–H and O–H groups in total. The van der Waals surface area contributed by atoms with Gasteiger partial charge in [0.15, 0.2) is 23.3 Å². The van der Waals surface area contributed by atoms with Crippen molar-refractivity contribution in [1.82, 2.24) is 0 Å². The number of hydrogen-bond acceptors (Lipinski definition) is 0. The lowest BCUT2D eigenvalue weighted by molar-refractivity contribution is 0.220. The molecule has 1 saturated carbocycles. The van der Waals surface area contributed by atoms with Gasteiger partial charge in [-0.25, -0.2) is 22.0 Å². The Kier molecular flexibility index (Phi) is 7.04. The zero-order chi connectivity index (χ0) is 24.6. The van der Waals surface area contributed by atoms with Crippen LogP contribution in [0.3, 0.4) is 0 Å². The zero-order valence-corrected chi connectivity index (χ0v) is 19.8. The third-order valence-electron chi connectivity index (χ3n) is 7.31. The Balaban J connectivity index is 1.79. The van der Waals surface area contributed by atoms with Gasteiger partial charge in [-0.1, -0.05) is 69.2 Å². The molecule has 1 fully saturated rings. The number of benzene rings is 3. The van der Waals surface area contributed by atoms with E-state index < -0.39 is 56.6 Å². The number of halogens is 6. The Bertz CT molecular complexity index is 1160. The quantitative estimate of drug-likeness (QED) is 0.189. The van der Waals surface area contributed by atoms with E-state index in [0.717, 1.165) is 25.0 Å². The Labute approximate surface area is 201 Å². The van der Waals surface area contributed by atoms with E-state index in [1.54, 1.807) is 37.3 Å². The summed E-state index contributed by atoms with van der Waals surface area (Å²) in [6.07, 6.45) is 3.58. The first-order valence-electron chi connectivity index (χ1n) is 11.6. The fraction of sp³-hybridized carbons (Fsp3) is 0.357. The standard InChI is InChI=1S/C28H26ClF5/c1-3-28(29)14-8-7-11-20(28)16(2)22-24(31)26(33)23(27(34)25(22)32)19-13-12-18(15-21(19)30)17-9-5-4-6-10-17/h4-6,9-10,12-13,15-16,20H,3,7-8,11,14H2,1-2H3. The fourth-order valence-electron chi connectivity index (χ4n) is 5.38. The van der Waals surface area contributed by atoms with Crippen molar-refractivity contribution in [2.75, 3.05) is 0 Å². The third kappa shape index (κ3) is 4.24. The SMILES string of the molecule is CCC1(Cl)CCCCC1C(C)c1c(F)c(F)c(-c2ccc(-c3ccccc3)cc2F)c(F)c1F. The third-order valence-corrected chi connectivity index (χ3v) is 8.05. The Morgan fingerprint density at radius 3 is 2.12 bits per heavy atom. The molecule has 0 spiro atoms. The van der Waals surface area contributed by atoms with Gasteiger partial charge >= 0.3 is 0 Å². The van der Waals surface area contributed by atoms with E-state index in [-0.39, 0.29) is 5.92 Å². The van der Waals surface area contributed by atoms with Gasteiger partial charge in [-0.05, 0) is 48.3 Å². The average Bonchev–Trinajstić information content (AvgIpc) is 2.84. The van der Waals surface area contributed by atoms with Gasteiger partial charge in [0.1, 0.15) is 5.82 Å². The zero-order valence-electron chi connectivity index (χ0n) is 19.1. The number of alkyl halides is 1. The molecule has 180 valence electrons. The number of rotatable bonds is 5. The highest BCUT2D eigenvalue weighted by molar-refractivity contribution is 6.24. The molecular formula is C28H26ClF5. The van der Waals surface area contributed by atoms with Crippen LogP contribution in [0.15, 0.2) is 48.5 Å². The molecule has 3 aromatic carbocycles. The summed E-state index contributed by atoms with van der Waals surface area (Å²) in [6, 6.07) is 12.5. The molecule has 0 heterocycles. The maximum absolute atomic E-state index is 15.3. The first-order valence-corrected chi connectivity index (χ1v) is 12.0. The van der Waals surface area contributed by atoms with Crippen molar-refractivity contribution in [2.24, 2.45) is 5.92 Å². The molecule has 0 aliphatic heterocycles. The van der Waals surface area contributed by atoms with E-state index in [1.165, 1.54) is 6.07 Å². The second kappa shape index (κ2) is 9.69. The molecule has 0 bridgehead atoms. The first kappa shape index (κ1) is 24.7. The summed E-state index contributed by atoms with van der Waals surface area (Å²) in [5.41, 5.74) is -1.07. The first-order chi connectivity index (χ1) is 16.2. The van der Waals surface area contributed by atoms with Crippen molar-refractivity contribution in [2.45, 2.75) is 56.7 Å². The van der Waals surface area contributed by atoms with E-state index in [1.807, 2.05) is 6.92 Å². The molecule has 34 heavy (non-hydrogen) atoms. The van der Waals surface area contributed by atoms with Gasteiger partial charge in [-0.15, -0.1) is 11.6 Å². The van der Waals surface area contributed by atoms with Crippen LogP contribution in [0.4, 0.5) is 22.0 Å². The minimum Gasteiger partial charge on any atom is -0.206 e. The van der Waals surface area contributed by atoms with Crippen LogP contribution in [0.1, 0.15) is 57.4 Å². The summed E-state index contributed by atoms with van der Waals surface area (Å²) >= 11 is 6.79. The van der Waals surface area contributed by atoms with Gasteiger partial charge in [-0.3, -0.25) is 0 Å². The molecule has 0 nitrogen and oxygen atoms in total. The van der Waals surface area contributed by atoms with Gasteiger partial charge in [-0.2, -0.15) is 0 Å². The maximum Gasteiger partial charge on any atom is 0.170 e. The Hall–Kier alpha value is -2.40. The normalized spacial score (nSPS) is 21.5. The average molecular weight is 493 g/mol. The second-order valence-corrected chi connectivity index (χ2v) is 9.89. The molecule has 3 atom stereocenters. The van der Waals surface area contributed by atoms with Gasteiger partial charge in [0, 0.05) is 16.0 Å². The van der Waals surface area contributed by atoms with E-state index in [2.05, 4.69) is 0 Å². The lowest BCUT2D eigenvalue weighted by Gasteiger charge is -2.42. The van der Waals surface area contributed by atoms with Crippen LogP contribution >= 0.6 is 11.6 Å². The van der Waals surface area contributed by atoms with Gasteiger partial charge in [0.05, 0.1) is 5.56 Å². The van der Waals surface area contributed by atoms with Crippen molar-refractivity contribution in [3.8, 4) is 22.3 Å². The highest BCUT2D eigenvalue weighted by Crippen LogP contribution is 2.50. The van der Waals surface area contributed by atoms with Crippen molar-refractivity contribution in [3.63, 3.8) is 0 Å². The lowest BCUT2D eigenvalue weighted by Crippen LogP contribution is -2.38. The van der Waals surface area contributed by atoms with Crippen molar-refractivity contribution in [1.29, 1.82) is 0 Å². The molecule has 4 rings (SSSR count). The lowest BCUT2D eigenvalue weighted by atomic mass is 9.69. The molecule has 0 saturated heterocycles. The summed E-state index contributed by atoms with van der Waals surface area (Å²) in [5.74, 6) is -8.34. The highest BCUT2D eigenvalue weighted by Gasteiger charge is 2.43. The topological polar surface area (TPSA) is 0 Å². The van der Waals surface area contributed by atoms with Crippen LogP contribution in [0, 0.1) is 35.0 Å². The second-order valence-electron chi connectivity index (χ2n) is 9.13. The Morgan fingerprint density at radius 2 is 1.53 bits per heavy atom. The van der Waals surface area contributed by atoms with Gasteiger partial charge in [0.25, 0.3) is 0 Å². The summed E-state index contributed by atoms with van der Waals surface area (Å²) in [7, 11) is 0.